The molecule has 0 atom stereocenters. The summed E-state index contributed by atoms with van der Waals surface area (Å²) in [6.07, 6.45) is 2.81. The summed E-state index contributed by atoms with van der Waals surface area (Å²) >= 11 is 4.99. The van der Waals surface area contributed by atoms with E-state index < -0.39 is 5.56 Å². The number of hydrogen-bond acceptors (Lipinski definition) is 5. The molecule has 1 aromatic heterocycles. The van der Waals surface area contributed by atoms with Crippen LogP contribution in [0.4, 0.5) is 5.69 Å². The van der Waals surface area contributed by atoms with Gasteiger partial charge in [0.1, 0.15) is 5.56 Å². The number of aromatic hydroxyl groups is 1. The molecule has 2 aromatic rings. The van der Waals surface area contributed by atoms with Crippen LogP contribution in [0.15, 0.2) is 46.7 Å². The lowest BCUT2D eigenvalue weighted by Gasteiger charge is -2.08. The number of benzene rings is 1. The quantitative estimate of drug-likeness (QED) is 0.382. The van der Waals surface area contributed by atoms with Crippen LogP contribution in [0.25, 0.3) is 0 Å². The Morgan fingerprint density at radius 2 is 2.09 bits per heavy atom. The number of carbonyl (C=O) groups is 1. The first-order valence-electron chi connectivity index (χ1n) is 6.76. The highest BCUT2D eigenvalue weighted by Gasteiger charge is 2.09. The van der Waals surface area contributed by atoms with Gasteiger partial charge in [0, 0.05) is 18.3 Å². The molecule has 0 aliphatic heterocycles. The summed E-state index contributed by atoms with van der Waals surface area (Å²) in [7, 11) is 0. The topological polar surface area (TPSA) is 87.4 Å². The van der Waals surface area contributed by atoms with Gasteiger partial charge in [0.2, 0.25) is 5.88 Å². The SMILES string of the molecule is C=CCn1c(O)c(C=Nc2ccc(C(C)=O)cc2)c(=O)[nH]c1=S. The summed E-state index contributed by atoms with van der Waals surface area (Å²) < 4.78 is 1.44. The third-order valence-electron chi connectivity index (χ3n) is 3.14. The van der Waals surface area contributed by atoms with Gasteiger partial charge in [0.15, 0.2) is 10.6 Å². The largest absolute Gasteiger partial charge is 0.494 e. The molecule has 1 heterocycles. The minimum atomic E-state index is -0.531. The van der Waals surface area contributed by atoms with E-state index in [-0.39, 0.29) is 28.5 Å². The third kappa shape index (κ3) is 3.70. The molecule has 0 unspecified atom stereocenters. The molecule has 1 aromatic carbocycles. The fourth-order valence-electron chi connectivity index (χ4n) is 1.91. The van der Waals surface area contributed by atoms with Crippen molar-refractivity contribution in [2.75, 3.05) is 0 Å². The van der Waals surface area contributed by atoms with Crippen molar-refractivity contribution < 1.29 is 9.90 Å². The zero-order valence-electron chi connectivity index (χ0n) is 12.4. The molecule has 0 spiro atoms. The third-order valence-corrected chi connectivity index (χ3v) is 3.46. The smallest absolute Gasteiger partial charge is 0.264 e. The first-order valence-corrected chi connectivity index (χ1v) is 7.17. The predicted octanol–water partition coefficient (Wildman–Crippen LogP) is 2.75. The number of aromatic nitrogens is 2. The number of nitrogens with one attached hydrogen (secondary N) is 1. The Morgan fingerprint density at radius 1 is 1.43 bits per heavy atom. The molecule has 0 aliphatic carbocycles. The highest BCUT2D eigenvalue weighted by molar-refractivity contribution is 7.71. The van der Waals surface area contributed by atoms with Crippen LogP contribution >= 0.6 is 12.2 Å². The number of H-pyrrole nitrogens is 1. The van der Waals surface area contributed by atoms with Gasteiger partial charge in [-0.25, -0.2) is 0 Å². The molecule has 2 N–H and O–H groups in total. The molecule has 0 fully saturated rings. The van der Waals surface area contributed by atoms with E-state index in [1.54, 1.807) is 30.3 Å². The van der Waals surface area contributed by atoms with Crippen molar-refractivity contribution in [2.24, 2.45) is 4.99 Å². The van der Waals surface area contributed by atoms with E-state index >= 15 is 0 Å². The van der Waals surface area contributed by atoms with Crippen molar-refractivity contribution in [3.63, 3.8) is 0 Å². The van der Waals surface area contributed by atoms with Gasteiger partial charge < -0.3 is 5.11 Å². The molecule has 6 nitrogen and oxygen atoms in total. The van der Waals surface area contributed by atoms with Crippen LogP contribution in [0, 0.1) is 4.77 Å². The maximum absolute atomic E-state index is 11.9. The molecule has 0 saturated carbocycles. The number of ketones is 1. The Hall–Kier alpha value is -2.80. The normalized spacial score (nSPS) is 10.8. The summed E-state index contributed by atoms with van der Waals surface area (Å²) in [6.45, 7) is 5.31. The van der Waals surface area contributed by atoms with Crippen LogP contribution in [0.1, 0.15) is 22.8 Å². The average Bonchev–Trinajstić information content (AvgIpc) is 2.51. The summed E-state index contributed by atoms with van der Waals surface area (Å²) in [5.74, 6) is -0.316. The van der Waals surface area contributed by atoms with Gasteiger partial charge in [-0.3, -0.25) is 24.1 Å². The van der Waals surface area contributed by atoms with E-state index in [0.717, 1.165) is 0 Å². The summed E-state index contributed by atoms with van der Waals surface area (Å²) in [5.41, 5.74) is 0.587. The monoisotopic (exact) mass is 329 g/mol. The standard InChI is InChI=1S/C16H15N3O3S/c1-3-8-19-15(22)13(14(21)18-16(19)23)9-17-12-6-4-11(5-7-12)10(2)20/h3-7,9,22H,1,8H2,2H3,(H,18,21,23). The first kappa shape index (κ1) is 16.6. The van der Waals surface area contributed by atoms with E-state index in [1.807, 2.05) is 0 Å². The second-order valence-corrected chi connectivity index (χ2v) is 5.14. The Labute approximate surface area is 137 Å². The van der Waals surface area contributed by atoms with Crippen LogP contribution in [-0.4, -0.2) is 26.7 Å². The number of allylic oxidation sites excluding steroid dienone is 1. The first-order chi connectivity index (χ1) is 10.9. The highest BCUT2D eigenvalue weighted by atomic mass is 32.1. The molecule has 0 aliphatic rings. The van der Waals surface area contributed by atoms with Crippen molar-refractivity contribution >= 4 is 29.9 Å². The number of carbonyl (C=O) groups excluding carboxylic acids is 1. The highest BCUT2D eigenvalue weighted by Crippen LogP contribution is 2.16. The zero-order chi connectivity index (χ0) is 17.0. The van der Waals surface area contributed by atoms with Crippen LogP contribution in [0.2, 0.25) is 0 Å². The van der Waals surface area contributed by atoms with Gasteiger partial charge in [-0.2, -0.15) is 0 Å². The van der Waals surface area contributed by atoms with E-state index in [1.165, 1.54) is 17.7 Å². The number of Topliss-reactive ketones (excluding diaryl/α,β-unsaturated/α-hetero) is 1. The lowest BCUT2D eigenvalue weighted by atomic mass is 10.1. The van der Waals surface area contributed by atoms with Crippen LogP contribution in [0.3, 0.4) is 0 Å². The van der Waals surface area contributed by atoms with Crippen LogP contribution < -0.4 is 5.56 Å². The van der Waals surface area contributed by atoms with Crippen LogP contribution in [0.5, 0.6) is 5.88 Å². The summed E-state index contributed by atoms with van der Waals surface area (Å²) in [4.78, 5) is 29.8. The molecular formula is C16H15N3O3S. The molecule has 0 saturated heterocycles. The van der Waals surface area contributed by atoms with Gasteiger partial charge in [-0.05, 0) is 43.4 Å². The van der Waals surface area contributed by atoms with E-state index in [2.05, 4.69) is 16.6 Å². The second kappa shape index (κ2) is 6.97. The van der Waals surface area contributed by atoms with Crippen molar-refractivity contribution in [3.05, 3.63) is 63.2 Å². The molecule has 0 amide bonds. The van der Waals surface area contributed by atoms with Gasteiger partial charge in [0.25, 0.3) is 5.56 Å². The van der Waals surface area contributed by atoms with Gasteiger partial charge in [0.05, 0.1) is 5.69 Å². The molecule has 0 bridgehead atoms. The molecular weight excluding hydrogens is 314 g/mol. The summed E-state index contributed by atoms with van der Waals surface area (Å²) in [6, 6.07) is 6.59. The van der Waals surface area contributed by atoms with Crippen LogP contribution in [-0.2, 0) is 6.54 Å². The number of aliphatic imine (C=N–C) groups is 1. The van der Waals surface area contributed by atoms with Gasteiger partial charge in [-0.1, -0.05) is 6.08 Å². The number of hydrogen-bond donors (Lipinski definition) is 2. The van der Waals surface area contributed by atoms with Crippen molar-refractivity contribution in [1.29, 1.82) is 0 Å². The maximum Gasteiger partial charge on any atom is 0.264 e. The second-order valence-electron chi connectivity index (χ2n) is 4.76. The maximum atomic E-state index is 11.9. The lowest BCUT2D eigenvalue weighted by Crippen LogP contribution is -2.18. The minimum absolute atomic E-state index is 0.00362. The number of aromatic amines is 1. The molecule has 7 heteroatoms. The zero-order valence-corrected chi connectivity index (χ0v) is 13.3. The predicted molar refractivity (Wildman–Crippen MR) is 91.4 cm³/mol. The minimum Gasteiger partial charge on any atom is -0.494 e. The van der Waals surface area contributed by atoms with Crippen molar-refractivity contribution in [1.82, 2.24) is 9.55 Å². The molecule has 118 valence electrons. The molecule has 0 radical (unpaired) electrons. The Morgan fingerprint density at radius 3 is 2.65 bits per heavy atom. The Bertz CT molecular complexity index is 892. The summed E-state index contributed by atoms with van der Waals surface area (Å²) in [5, 5.41) is 10.2. The molecule has 23 heavy (non-hydrogen) atoms. The Balaban J connectivity index is 2.41. The number of rotatable bonds is 5. The van der Waals surface area contributed by atoms with E-state index in [4.69, 9.17) is 12.2 Å². The molecule has 2 rings (SSSR count). The van der Waals surface area contributed by atoms with E-state index in [9.17, 15) is 14.7 Å². The lowest BCUT2D eigenvalue weighted by molar-refractivity contribution is 0.101. The fourth-order valence-corrected chi connectivity index (χ4v) is 2.16. The van der Waals surface area contributed by atoms with Gasteiger partial charge in [-0.15, -0.1) is 6.58 Å². The number of nitrogens with zero attached hydrogens (tertiary/aromatic N) is 2. The van der Waals surface area contributed by atoms with Crippen molar-refractivity contribution in [3.8, 4) is 5.88 Å². The Kier molecular flexibility index (Phi) is 5.02. The fraction of sp³-hybridized carbons (Fsp3) is 0.125. The van der Waals surface area contributed by atoms with E-state index in [0.29, 0.717) is 11.3 Å². The average molecular weight is 329 g/mol. The van der Waals surface area contributed by atoms with Crippen molar-refractivity contribution in [2.45, 2.75) is 13.5 Å². The van der Waals surface area contributed by atoms with Gasteiger partial charge >= 0.3 is 0 Å².